The molecular formula is C23H21ClF6O3. The van der Waals surface area contributed by atoms with Crippen LogP contribution in [-0.2, 0) is 11.0 Å². The Morgan fingerprint density at radius 3 is 2.21 bits per heavy atom. The number of aliphatic carboxylic acids is 1. The van der Waals surface area contributed by atoms with Gasteiger partial charge >= 0.3 is 18.3 Å². The van der Waals surface area contributed by atoms with E-state index < -0.39 is 42.8 Å². The van der Waals surface area contributed by atoms with Gasteiger partial charge in [-0.2, -0.15) is 26.3 Å². The molecule has 0 amide bonds. The third kappa shape index (κ3) is 6.56. The normalized spacial score (nSPS) is 15.7. The maximum absolute atomic E-state index is 12.9. The molecule has 180 valence electrons. The van der Waals surface area contributed by atoms with Gasteiger partial charge in [-0.25, -0.2) is 0 Å². The number of halogens is 7. The minimum Gasteiger partial charge on any atom is -0.491 e. The smallest absolute Gasteiger partial charge is 0.416 e. The van der Waals surface area contributed by atoms with Gasteiger partial charge in [0.05, 0.1) is 29.5 Å². The molecule has 1 fully saturated rings. The van der Waals surface area contributed by atoms with E-state index in [-0.39, 0.29) is 27.8 Å². The molecule has 2 aromatic rings. The fourth-order valence-electron chi connectivity index (χ4n) is 3.73. The number of carbonyl (C=O) groups is 1. The monoisotopic (exact) mass is 494 g/mol. The van der Waals surface area contributed by atoms with Crippen molar-refractivity contribution in [3.63, 3.8) is 0 Å². The number of rotatable bonds is 8. The van der Waals surface area contributed by atoms with E-state index in [2.05, 4.69) is 0 Å². The first-order valence-electron chi connectivity index (χ1n) is 10.3. The summed E-state index contributed by atoms with van der Waals surface area (Å²) < 4.78 is 81.8. The van der Waals surface area contributed by atoms with Crippen LogP contribution in [0.25, 0.3) is 11.1 Å². The van der Waals surface area contributed by atoms with Crippen molar-refractivity contribution in [2.75, 3.05) is 6.61 Å². The Morgan fingerprint density at radius 2 is 1.73 bits per heavy atom. The first kappa shape index (κ1) is 25.2. The van der Waals surface area contributed by atoms with E-state index >= 15 is 0 Å². The SMILES string of the molecule is O=C(O)C(CC1CCC1)c1cc(Cl)c(OCCC(F)(F)F)c(-c2ccc(C(F)(F)F)cc2)c1. The Hall–Kier alpha value is -2.42. The molecule has 2 aromatic carbocycles. The zero-order valence-corrected chi connectivity index (χ0v) is 18.0. The molecule has 33 heavy (non-hydrogen) atoms. The van der Waals surface area contributed by atoms with Gasteiger partial charge in [0.15, 0.2) is 0 Å². The molecule has 10 heteroatoms. The molecule has 1 aliphatic rings. The van der Waals surface area contributed by atoms with Crippen LogP contribution in [0, 0.1) is 5.92 Å². The molecule has 0 aliphatic heterocycles. The lowest BCUT2D eigenvalue weighted by atomic mass is 9.77. The zero-order chi connectivity index (χ0) is 24.4. The van der Waals surface area contributed by atoms with Crippen LogP contribution in [0.4, 0.5) is 26.3 Å². The average Bonchev–Trinajstić information content (AvgIpc) is 2.66. The fraction of sp³-hybridized carbons (Fsp3) is 0.435. The summed E-state index contributed by atoms with van der Waals surface area (Å²) >= 11 is 6.29. The standard InChI is InChI=1S/C23H21ClF6O3/c24-19-12-15(18(21(31)32)10-13-2-1-3-13)11-17(20(19)33-9-8-22(25,26)27)14-4-6-16(7-5-14)23(28,29)30/h4-7,11-13,18H,1-3,8-10H2,(H,31,32). The van der Waals surface area contributed by atoms with Crippen molar-refractivity contribution in [1.82, 2.24) is 0 Å². The Kier molecular flexibility index (Phi) is 7.51. The van der Waals surface area contributed by atoms with Crippen LogP contribution >= 0.6 is 11.6 Å². The minimum absolute atomic E-state index is 0.107. The number of ether oxygens (including phenoxy) is 1. The Bertz CT molecular complexity index is 981. The lowest BCUT2D eigenvalue weighted by Gasteiger charge is -2.28. The van der Waals surface area contributed by atoms with Gasteiger partial charge in [-0.05, 0) is 47.7 Å². The van der Waals surface area contributed by atoms with Crippen LogP contribution in [0.3, 0.4) is 0 Å². The quantitative estimate of drug-likeness (QED) is 0.382. The molecule has 1 saturated carbocycles. The molecule has 1 atom stereocenters. The van der Waals surface area contributed by atoms with Gasteiger partial charge in [-0.1, -0.05) is 43.0 Å². The molecule has 0 aromatic heterocycles. The highest BCUT2D eigenvalue weighted by Gasteiger charge is 2.32. The van der Waals surface area contributed by atoms with Gasteiger partial charge < -0.3 is 9.84 Å². The third-order valence-electron chi connectivity index (χ3n) is 5.72. The Balaban J connectivity index is 2.02. The van der Waals surface area contributed by atoms with Gasteiger partial charge in [0.2, 0.25) is 0 Å². The molecule has 0 heterocycles. The van der Waals surface area contributed by atoms with Crippen LogP contribution in [-0.4, -0.2) is 23.9 Å². The highest BCUT2D eigenvalue weighted by atomic mass is 35.5. The second kappa shape index (κ2) is 9.83. The van der Waals surface area contributed by atoms with E-state index in [1.54, 1.807) is 0 Å². The number of carboxylic acids is 1. The van der Waals surface area contributed by atoms with Crippen molar-refractivity contribution >= 4 is 17.6 Å². The van der Waals surface area contributed by atoms with Crippen LogP contribution in [0.1, 0.15) is 49.1 Å². The summed E-state index contributed by atoms with van der Waals surface area (Å²) in [5.74, 6) is -1.90. The van der Waals surface area contributed by atoms with Gasteiger partial charge in [0, 0.05) is 5.56 Å². The van der Waals surface area contributed by atoms with E-state index in [1.807, 2.05) is 0 Å². The number of alkyl halides is 6. The fourth-order valence-corrected chi connectivity index (χ4v) is 4.01. The Morgan fingerprint density at radius 1 is 1.09 bits per heavy atom. The van der Waals surface area contributed by atoms with Crippen LogP contribution in [0.15, 0.2) is 36.4 Å². The first-order chi connectivity index (χ1) is 15.3. The van der Waals surface area contributed by atoms with E-state index in [0.717, 1.165) is 43.5 Å². The van der Waals surface area contributed by atoms with Crippen LogP contribution in [0.2, 0.25) is 5.02 Å². The summed E-state index contributed by atoms with van der Waals surface area (Å²) in [7, 11) is 0. The van der Waals surface area contributed by atoms with Gasteiger partial charge in [-0.3, -0.25) is 4.79 Å². The predicted molar refractivity (Wildman–Crippen MR) is 110 cm³/mol. The summed E-state index contributed by atoms with van der Waals surface area (Å²) in [5, 5.41) is 9.64. The van der Waals surface area contributed by atoms with Crippen molar-refractivity contribution in [3.05, 3.63) is 52.5 Å². The molecule has 3 nitrogen and oxygen atoms in total. The molecule has 1 N–H and O–H groups in total. The lowest BCUT2D eigenvalue weighted by Crippen LogP contribution is -2.20. The lowest BCUT2D eigenvalue weighted by molar-refractivity contribution is -0.140. The van der Waals surface area contributed by atoms with Crippen molar-refractivity contribution in [2.45, 2.75) is 50.4 Å². The van der Waals surface area contributed by atoms with Crippen molar-refractivity contribution in [2.24, 2.45) is 5.92 Å². The van der Waals surface area contributed by atoms with E-state index in [4.69, 9.17) is 16.3 Å². The number of hydrogen-bond donors (Lipinski definition) is 1. The topological polar surface area (TPSA) is 46.5 Å². The predicted octanol–water partition coefficient (Wildman–Crippen LogP) is 7.72. The molecule has 0 bridgehead atoms. The summed E-state index contributed by atoms with van der Waals surface area (Å²) in [5.41, 5.74) is -0.242. The highest BCUT2D eigenvalue weighted by molar-refractivity contribution is 6.32. The van der Waals surface area contributed by atoms with E-state index in [9.17, 15) is 36.2 Å². The molecule has 3 rings (SSSR count). The van der Waals surface area contributed by atoms with Crippen molar-refractivity contribution in [1.29, 1.82) is 0 Å². The minimum atomic E-state index is -4.57. The molecule has 0 saturated heterocycles. The maximum Gasteiger partial charge on any atom is 0.416 e. The third-order valence-corrected chi connectivity index (χ3v) is 6.00. The number of hydrogen-bond acceptors (Lipinski definition) is 2. The van der Waals surface area contributed by atoms with Crippen LogP contribution < -0.4 is 4.74 Å². The van der Waals surface area contributed by atoms with E-state index in [0.29, 0.717) is 12.0 Å². The second-order valence-corrected chi connectivity index (χ2v) is 8.50. The molecule has 1 unspecified atom stereocenters. The zero-order valence-electron chi connectivity index (χ0n) is 17.3. The summed E-state index contributed by atoms with van der Waals surface area (Å²) in [4.78, 5) is 11.9. The van der Waals surface area contributed by atoms with Crippen LogP contribution in [0.5, 0.6) is 5.75 Å². The van der Waals surface area contributed by atoms with E-state index in [1.165, 1.54) is 12.1 Å². The average molecular weight is 495 g/mol. The van der Waals surface area contributed by atoms with Gasteiger partial charge in [-0.15, -0.1) is 0 Å². The van der Waals surface area contributed by atoms with Crippen molar-refractivity contribution < 1.29 is 41.0 Å². The summed E-state index contributed by atoms with van der Waals surface area (Å²) in [6.07, 6.45) is -7.10. The summed E-state index contributed by atoms with van der Waals surface area (Å²) in [6, 6.07) is 6.73. The number of carboxylic acid groups (broad SMARTS) is 1. The highest BCUT2D eigenvalue weighted by Crippen LogP contribution is 2.43. The van der Waals surface area contributed by atoms with Gasteiger partial charge in [0.1, 0.15) is 5.75 Å². The molecule has 0 spiro atoms. The first-order valence-corrected chi connectivity index (χ1v) is 10.7. The van der Waals surface area contributed by atoms with Gasteiger partial charge in [0.25, 0.3) is 0 Å². The molecule has 1 aliphatic carbocycles. The summed E-state index contributed by atoms with van der Waals surface area (Å²) in [6.45, 7) is -0.749. The Labute approximate surface area is 191 Å². The maximum atomic E-state index is 12.9. The number of benzene rings is 2. The second-order valence-electron chi connectivity index (χ2n) is 8.09. The van der Waals surface area contributed by atoms with Crippen molar-refractivity contribution in [3.8, 4) is 16.9 Å². The largest absolute Gasteiger partial charge is 0.491 e. The molecular weight excluding hydrogens is 474 g/mol. The molecule has 0 radical (unpaired) electrons.